The van der Waals surface area contributed by atoms with Crippen molar-refractivity contribution in [3.63, 3.8) is 0 Å². The minimum absolute atomic E-state index is 0.363. The lowest BCUT2D eigenvalue weighted by molar-refractivity contribution is 0.222. The number of H-pyrrole nitrogens is 1. The molecule has 3 rings (SSSR count). The molecule has 0 bridgehead atoms. The molecule has 1 N–H and O–H groups in total. The van der Waals surface area contributed by atoms with Gasteiger partial charge in [-0.2, -0.15) is 4.31 Å². The van der Waals surface area contributed by atoms with Crippen molar-refractivity contribution in [1.29, 1.82) is 0 Å². The number of aromatic nitrogens is 1. The van der Waals surface area contributed by atoms with Gasteiger partial charge in [-0.3, -0.25) is 0 Å². The molecule has 0 atom stereocenters. The fourth-order valence-corrected chi connectivity index (χ4v) is 3.92. The first-order valence-corrected chi connectivity index (χ1v) is 8.44. The highest BCUT2D eigenvalue weighted by molar-refractivity contribution is 7.89. The highest BCUT2D eigenvalue weighted by Gasteiger charge is 2.27. The van der Waals surface area contributed by atoms with Crippen molar-refractivity contribution in [2.45, 2.75) is 4.90 Å². The summed E-state index contributed by atoms with van der Waals surface area (Å²) in [6, 6.07) is 10.9. The van der Waals surface area contributed by atoms with Crippen LogP contribution < -0.4 is 0 Å². The van der Waals surface area contributed by atoms with Crippen LogP contribution in [0, 0.1) is 0 Å². The van der Waals surface area contributed by atoms with Crippen molar-refractivity contribution in [1.82, 2.24) is 14.2 Å². The third kappa shape index (κ3) is 2.88. The molecule has 1 aliphatic heterocycles. The first-order valence-electron chi connectivity index (χ1n) is 7.00. The number of rotatable bonds is 3. The van der Waals surface area contributed by atoms with Crippen LogP contribution in [0.25, 0.3) is 11.3 Å². The van der Waals surface area contributed by atoms with Gasteiger partial charge in [-0.05, 0) is 36.9 Å². The van der Waals surface area contributed by atoms with E-state index in [0.717, 1.165) is 24.3 Å². The van der Waals surface area contributed by atoms with Gasteiger partial charge < -0.3 is 9.88 Å². The molecule has 0 aliphatic carbocycles. The molecule has 0 saturated carbocycles. The second-order valence-electron chi connectivity index (χ2n) is 5.32. The molecular weight excluding hydrogens is 286 g/mol. The summed E-state index contributed by atoms with van der Waals surface area (Å²) >= 11 is 0. The maximum atomic E-state index is 12.6. The summed E-state index contributed by atoms with van der Waals surface area (Å²) in [5.74, 6) is 0. The van der Waals surface area contributed by atoms with E-state index in [-0.39, 0.29) is 0 Å². The third-order valence-corrected chi connectivity index (χ3v) is 5.78. The Balaban J connectivity index is 1.83. The van der Waals surface area contributed by atoms with E-state index < -0.39 is 10.0 Å². The quantitative estimate of drug-likeness (QED) is 0.937. The Morgan fingerprint density at radius 2 is 1.67 bits per heavy atom. The van der Waals surface area contributed by atoms with E-state index in [2.05, 4.69) is 9.88 Å². The molecular formula is C15H19N3O2S. The van der Waals surface area contributed by atoms with Crippen LogP contribution in [0.2, 0.25) is 0 Å². The predicted molar refractivity (Wildman–Crippen MR) is 82.5 cm³/mol. The number of benzene rings is 1. The van der Waals surface area contributed by atoms with Gasteiger partial charge in [-0.15, -0.1) is 0 Å². The second-order valence-corrected chi connectivity index (χ2v) is 7.25. The molecule has 1 aliphatic rings. The minimum atomic E-state index is -3.37. The van der Waals surface area contributed by atoms with Gasteiger partial charge in [0.05, 0.1) is 4.90 Å². The topological polar surface area (TPSA) is 56.4 Å². The zero-order valence-corrected chi connectivity index (χ0v) is 12.8. The lowest BCUT2D eigenvalue weighted by atomic mass is 10.2. The number of hydrogen-bond donors (Lipinski definition) is 1. The number of sulfonamides is 1. The summed E-state index contributed by atoms with van der Waals surface area (Å²) in [6.07, 6.45) is 1.85. The number of hydrogen-bond acceptors (Lipinski definition) is 3. The Morgan fingerprint density at radius 1 is 1.00 bits per heavy atom. The third-order valence-electron chi connectivity index (χ3n) is 3.86. The summed E-state index contributed by atoms with van der Waals surface area (Å²) in [7, 11) is -1.37. The van der Waals surface area contributed by atoms with Crippen molar-refractivity contribution < 1.29 is 8.42 Å². The lowest BCUT2D eigenvalue weighted by Gasteiger charge is -2.31. The van der Waals surface area contributed by atoms with Crippen molar-refractivity contribution in [2.24, 2.45) is 0 Å². The summed E-state index contributed by atoms with van der Waals surface area (Å²) in [5, 5.41) is 0. The van der Waals surface area contributed by atoms with Crippen LogP contribution >= 0.6 is 0 Å². The smallest absolute Gasteiger partial charge is 0.243 e. The SMILES string of the molecule is CN1CCN(S(=O)(=O)c2ccc(-c3ccc[nH]3)cc2)CC1. The molecule has 2 aromatic rings. The Labute approximate surface area is 125 Å². The normalized spacial score (nSPS) is 18.0. The van der Waals surface area contributed by atoms with Gasteiger partial charge in [0.25, 0.3) is 0 Å². The molecule has 5 nitrogen and oxygen atoms in total. The predicted octanol–water partition coefficient (Wildman–Crippen LogP) is 1.62. The second kappa shape index (κ2) is 5.63. The van der Waals surface area contributed by atoms with E-state index in [0.29, 0.717) is 18.0 Å². The fourth-order valence-electron chi connectivity index (χ4n) is 2.49. The van der Waals surface area contributed by atoms with Crippen LogP contribution in [0.1, 0.15) is 0 Å². The van der Waals surface area contributed by atoms with Crippen LogP contribution in [-0.2, 0) is 10.0 Å². The largest absolute Gasteiger partial charge is 0.361 e. The van der Waals surface area contributed by atoms with E-state index in [1.54, 1.807) is 16.4 Å². The molecule has 112 valence electrons. The average molecular weight is 305 g/mol. The first-order chi connectivity index (χ1) is 10.1. The van der Waals surface area contributed by atoms with Crippen molar-refractivity contribution >= 4 is 10.0 Å². The molecule has 0 radical (unpaired) electrons. The number of nitrogens with one attached hydrogen (secondary N) is 1. The Hall–Kier alpha value is -1.63. The van der Waals surface area contributed by atoms with Gasteiger partial charge in [0.2, 0.25) is 10.0 Å². The van der Waals surface area contributed by atoms with E-state index >= 15 is 0 Å². The van der Waals surface area contributed by atoms with Gasteiger partial charge >= 0.3 is 0 Å². The summed E-state index contributed by atoms with van der Waals surface area (Å²) in [4.78, 5) is 5.62. The Bertz CT molecular complexity index is 685. The molecule has 21 heavy (non-hydrogen) atoms. The van der Waals surface area contributed by atoms with Gasteiger partial charge in [0.15, 0.2) is 0 Å². The zero-order chi connectivity index (χ0) is 14.9. The standard InChI is InChI=1S/C15H19N3O2S/c1-17-9-11-18(12-10-17)21(19,20)14-6-4-13(5-7-14)15-3-2-8-16-15/h2-8,16H,9-12H2,1H3. The highest BCUT2D eigenvalue weighted by Crippen LogP contribution is 2.22. The molecule has 0 unspecified atom stereocenters. The molecule has 1 aromatic heterocycles. The zero-order valence-electron chi connectivity index (χ0n) is 12.0. The summed E-state index contributed by atoms with van der Waals surface area (Å²) < 4.78 is 26.7. The minimum Gasteiger partial charge on any atom is -0.361 e. The van der Waals surface area contributed by atoms with Crippen LogP contribution in [0.15, 0.2) is 47.5 Å². The maximum Gasteiger partial charge on any atom is 0.243 e. The number of aromatic amines is 1. The van der Waals surface area contributed by atoms with Crippen LogP contribution in [0.4, 0.5) is 0 Å². The number of nitrogens with zero attached hydrogens (tertiary/aromatic N) is 2. The number of piperazine rings is 1. The fraction of sp³-hybridized carbons (Fsp3) is 0.333. The van der Waals surface area contributed by atoms with E-state index in [9.17, 15) is 8.42 Å². The molecule has 6 heteroatoms. The average Bonchev–Trinajstić information content (AvgIpc) is 3.02. The van der Waals surface area contributed by atoms with Gasteiger partial charge in [0, 0.05) is 38.1 Å². The summed E-state index contributed by atoms with van der Waals surface area (Å²) in [5.41, 5.74) is 1.97. The van der Waals surface area contributed by atoms with Crippen LogP contribution in [-0.4, -0.2) is 55.8 Å². The Morgan fingerprint density at radius 3 is 2.24 bits per heavy atom. The first kappa shape index (κ1) is 14.3. The van der Waals surface area contributed by atoms with Gasteiger partial charge in [-0.25, -0.2) is 8.42 Å². The van der Waals surface area contributed by atoms with Gasteiger partial charge in [0.1, 0.15) is 0 Å². The van der Waals surface area contributed by atoms with Crippen LogP contribution in [0.3, 0.4) is 0 Å². The summed E-state index contributed by atoms with van der Waals surface area (Å²) in [6.45, 7) is 2.66. The molecule has 0 amide bonds. The lowest BCUT2D eigenvalue weighted by Crippen LogP contribution is -2.46. The van der Waals surface area contributed by atoms with Crippen LogP contribution in [0.5, 0.6) is 0 Å². The molecule has 1 aromatic carbocycles. The highest BCUT2D eigenvalue weighted by atomic mass is 32.2. The van der Waals surface area contributed by atoms with Crippen molar-refractivity contribution in [2.75, 3.05) is 33.2 Å². The van der Waals surface area contributed by atoms with Crippen molar-refractivity contribution in [3.8, 4) is 11.3 Å². The van der Waals surface area contributed by atoms with Gasteiger partial charge in [-0.1, -0.05) is 12.1 Å². The molecule has 1 saturated heterocycles. The monoisotopic (exact) mass is 305 g/mol. The van der Waals surface area contributed by atoms with Crippen molar-refractivity contribution in [3.05, 3.63) is 42.6 Å². The molecule has 1 fully saturated rings. The van der Waals surface area contributed by atoms with E-state index in [1.165, 1.54) is 0 Å². The number of likely N-dealkylation sites (N-methyl/N-ethyl adjacent to an activating group) is 1. The maximum absolute atomic E-state index is 12.6. The molecule has 2 heterocycles. The Kier molecular flexibility index (Phi) is 3.84. The molecule has 0 spiro atoms. The van der Waals surface area contributed by atoms with E-state index in [1.807, 2.05) is 37.5 Å². The van der Waals surface area contributed by atoms with E-state index in [4.69, 9.17) is 0 Å².